The van der Waals surface area contributed by atoms with Crippen LogP contribution in [0.25, 0.3) is 11.0 Å². The SMILES string of the molecule is CCCCCCCCC=CCCCCCCC(C(=O)O)c1cc(=O)oc2ccc(Cl)cc12. The molecule has 0 spiro atoms. The lowest BCUT2D eigenvalue weighted by Gasteiger charge is -2.14. The first-order chi connectivity index (χ1) is 15.5. The van der Waals surface area contributed by atoms with Gasteiger partial charge in [0.2, 0.25) is 0 Å². The number of halogens is 1. The van der Waals surface area contributed by atoms with Crippen LogP contribution in [0.2, 0.25) is 5.02 Å². The van der Waals surface area contributed by atoms with Crippen molar-refractivity contribution >= 4 is 28.5 Å². The highest BCUT2D eigenvalue weighted by atomic mass is 35.5. The van der Waals surface area contributed by atoms with E-state index in [1.54, 1.807) is 18.2 Å². The van der Waals surface area contributed by atoms with Crippen molar-refractivity contribution in [3.8, 4) is 0 Å². The predicted octanol–water partition coefficient (Wildman–Crippen LogP) is 8.26. The molecule has 0 saturated carbocycles. The van der Waals surface area contributed by atoms with Crippen molar-refractivity contribution in [3.05, 3.63) is 57.4 Å². The topological polar surface area (TPSA) is 67.5 Å². The maximum absolute atomic E-state index is 11.9. The molecule has 0 aliphatic heterocycles. The third-order valence-electron chi connectivity index (χ3n) is 5.91. The van der Waals surface area contributed by atoms with E-state index in [9.17, 15) is 14.7 Å². The van der Waals surface area contributed by atoms with Gasteiger partial charge in [0, 0.05) is 16.5 Å². The highest BCUT2D eigenvalue weighted by Crippen LogP contribution is 2.30. The van der Waals surface area contributed by atoms with Gasteiger partial charge in [-0.3, -0.25) is 4.79 Å². The Hall–Kier alpha value is -2.07. The van der Waals surface area contributed by atoms with E-state index in [0.29, 0.717) is 28.0 Å². The molecule has 4 nitrogen and oxygen atoms in total. The van der Waals surface area contributed by atoms with Crippen LogP contribution in [0.1, 0.15) is 102 Å². The fraction of sp³-hybridized carbons (Fsp3) is 0.556. The third-order valence-corrected chi connectivity index (χ3v) is 6.15. The van der Waals surface area contributed by atoms with Crippen LogP contribution in [0.4, 0.5) is 0 Å². The summed E-state index contributed by atoms with van der Waals surface area (Å²) < 4.78 is 5.20. The molecule has 1 aromatic heterocycles. The smallest absolute Gasteiger partial charge is 0.336 e. The molecular formula is C27H37ClO4. The van der Waals surface area contributed by atoms with Crippen LogP contribution in [-0.2, 0) is 4.79 Å². The number of rotatable bonds is 16. The molecule has 2 rings (SSSR count). The van der Waals surface area contributed by atoms with Gasteiger partial charge < -0.3 is 9.52 Å². The standard InChI is InChI=1S/C27H37ClO4/c1-2-3-4-5-6-7-8-9-10-11-12-13-14-15-16-22(27(30)31)23-20-26(29)32-25-18-17-21(28)19-24(23)25/h9-10,17-20,22H,2-8,11-16H2,1H3,(H,30,31). The van der Waals surface area contributed by atoms with E-state index in [1.807, 2.05) is 0 Å². The molecule has 0 fully saturated rings. The number of hydrogen-bond acceptors (Lipinski definition) is 3. The maximum Gasteiger partial charge on any atom is 0.336 e. The average Bonchev–Trinajstić information content (AvgIpc) is 2.76. The third kappa shape index (κ3) is 9.20. The minimum Gasteiger partial charge on any atom is -0.481 e. The first-order valence-corrected chi connectivity index (χ1v) is 12.5. The number of benzene rings is 1. The van der Waals surface area contributed by atoms with Gasteiger partial charge in [0.15, 0.2) is 0 Å². The summed E-state index contributed by atoms with van der Waals surface area (Å²) in [6, 6.07) is 6.21. The van der Waals surface area contributed by atoms with E-state index in [1.165, 1.54) is 51.0 Å². The van der Waals surface area contributed by atoms with Crippen LogP contribution in [-0.4, -0.2) is 11.1 Å². The summed E-state index contributed by atoms with van der Waals surface area (Å²) in [6.45, 7) is 2.24. The summed E-state index contributed by atoms with van der Waals surface area (Å²) in [5, 5.41) is 10.9. The van der Waals surface area contributed by atoms with Crippen molar-refractivity contribution in [3.63, 3.8) is 0 Å². The van der Waals surface area contributed by atoms with Crippen LogP contribution in [0.3, 0.4) is 0 Å². The molecule has 0 radical (unpaired) electrons. The highest BCUT2D eigenvalue weighted by molar-refractivity contribution is 6.31. The van der Waals surface area contributed by atoms with Crippen LogP contribution >= 0.6 is 11.6 Å². The lowest BCUT2D eigenvalue weighted by Crippen LogP contribution is -2.14. The number of allylic oxidation sites excluding steroid dienone is 2. The summed E-state index contributed by atoms with van der Waals surface area (Å²) in [5.41, 5.74) is 0.327. The Morgan fingerprint density at radius 2 is 1.59 bits per heavy atom. The molecule has 0 aliphatic carbocycles. The van der Waals surface area contributed by atoms with Crippen LogP contribution in [0, 0.1) is 0 Å². The minimum atomic E-state index is -0.922. The normalized spacial score (nSPS) is 12.6. The summed E-state index contributed by atoms with van der Waals surface area (Å²) in [7, 11) is 0. The number of hydrogen-bond donors (Lipinski definition) is 1. The van der Waals surface area contributed by atoms with Gasteiger partial charge in [-0.25, -0.2) is 4.79 Å². The summed E-state index contributed by atoms with van der Waals surface area (Å²) >= 11 is 6.08. The fourth-order valence-corrected chi connectivity index (χ4v) is 4.27. The molecule has 0 saturated heterocycles. The van der Waals surface area contributed by atoms with Crippen molar-refractivity contribution in [2.24, 2.45) is 0 Å². The van der Waals surface area contributed by atoms with Crippen molar-refractivity contribution in [2.45, 2.75) is 96.3 Å². The number of unbranched alkanes of at least 4 members (excludes halogenated alkanes) is 10. The molecule has 1 N–H and O–H groups in total. The number of aliphatic carboxylic acids is 1. The molecule has 2 aromatic rings. The van der Waals surface area contributed by atoms with Crippen LogP contribution in [0.5, 0.6) is 0 Å². The van der Waals surface area contributed by atoms with E-state index in [-0.39, 0.29) is 0 Å². The van der Waals surface area contributed by atoms with E-state index in [2.05, 4.69) is 19.1 Å². The van der Waals surface area contributed by atoms with Gasteiger partial charge in [-0.1, -0.05) is 82.0 Å². The molecule has 32 heavy (non-hydrogen) atoms. The molecule has 1 aromatic carbocycles. The molecule has 176 valence electrons. The molecule has 1 unspecified atom stereocenters. The number of carboxylic acid groups (broad SMARTS) is 1. The number of fused-ring (bicyclic) bond motifs is 1. The Balaban J connectivity index is 1.72. The minimum absolute atomic E-state index is 0.371. The second kappa shape index (κ2) is 14.9. The Morgan fingerprint density at radius 1 is 0.969 bits per heavy atom. The monoisotopic (exact) mass is 460 g/mol. The second-order valence-electron chi connectivity index (χ2n) is 8.57. The lowest BCUT2D eigenvalue weighted by molar-refractivity contribution is -0.139. The van der Waals surface area contributed by atoms with Gasteiger partial charge in [-0.05, 0) is 55.9 Å². The van der Waals surface area contributed by atoms with Gasteiger partial charge in [-0.15, -0.1) is 0 Å². The second-order valence-corrected chi connectivity index (χ2v) is 9.01. The Kier molecular flexibility index (Phi) is 12.2. The Morgan fingerprint density at radius 3 is 2.25 bits per heavy atom. The largest absolute Gasteiger partial charge is 0.481 e. The van der Waals surface area contributed by atoms with Gasteiger partial charge in [0.05, 0.1) is 5.92 Å². The summed E-state index contributed by atoms with van der Waals surface area (Å²) in [5.74, 6) is -1.66. The Labute approximate surface area is 196 Å². The average molecular weight is 461 g/mol. The predicted molar refractivity (Wildman–Crippen MR) is 133 cm³/mol. The molecule has 1 heterocycles. The molecule has 0 bridgehead atoms. The maximum atomic E-state index is 11.9. The van der Waals surface area contributed by atoms with Crippen molar-refractivity contribution < 1.29 is 14.3 Å². The number of carbonyl (C=O) groups is 1. The zero-order chi connectivity index (χ0) is 23.2. The lowest BCUT2D eigenvalue weighted by atomic mass is 9.91. The van der Waals surface area contributed by atoms with Crippen molar-refractivity contribution in [1.29, 1.82) is 0 Å². The van der Waals surface area contributed by atoms with Crippen molar-refractivity contribution in [2.75, 3.05) is 0 Å². The van der Waals surface area contributed by atoms with Gasteiger partial charge in [0.1, 0.15) is 5.58 Å². The quantitative estimate of drug-likeness (QED) is 0.155. The summed E-state index contributed by atoms with van der Waals surface area (Å²) in [4.78, 5) is 23.8. The van der Waals surface area contributed by atoms with E-state index in [0.717, 1.165) is 32.1 Å². The first kappa shape index (κ1) is 26.2. The van der Waals surface area contributed by atoms with Crippen LogP contribution in [0.15, 0.2) is 45.6 Å². The van der Waals surface area contributed by atoms with E-state index >= 15 is 0 Å². The molecule has 0 aliphatic rings. The van der Waals surface area contributed by atoms with Crippen molar-refractivity contribution in [1.82, 2.24) is 0 Å². The van der Waals surface area contributed by atoms with E-state index < -0.39 is 17.5 Å². The number of carboxylic acids is 1. The summed E-state index contributed by atoms with van der Waals surface area (Å²) in [6.07, 6.45) is 19.3. The Bertz CT molecular complexity index is 916. The fourth-order valence-electron chi connectivity index (χ4n) is 4.10. The molecular weight excluding hydrogens is 424 g/mol. The van der Waals surface area contributed by atoms with E-state index in [4.69, 9.17) is 16.0 Å². The van der Waals surface area contributed by atoms with Gasteiger partial charge in [0.25, 0.3) is 0 Å². The zero-order valence-electron chi connectivity index (χ0n) is 19.3. The molecule has 5 heteroatoms. The zero-order valence-corrected chi connectivity index (χ0v) is 20.0. The van der Waals surface area contributed by atoms with Crippen LogP contribution < -0.4 is 5.63 Å². The molecule has 0 amide bonds. The van der Waals surface area contributed by atoms with Gasteiger partial charge in [-0.2, -0.15) is 0 Å². The van der Waals surface area contributed by atoms with Gasteiger partial charge >= 0.3 is 11.6 Å². The molecule has 1 atom stereocenters. The first-order valence-electron chi connectivity index (χ1n) is 12.1. The highest BCUT2D eigenvalue weighted by Gasteiger charge is 2.23.